The van der Waals surface area contributed by atoms with E-state index in [1.807, 2.05) is 60.7 Å². The number of rotatable bonds is 5. The smallest absolute Gasteiger partial charge is 0.167 e. The van der Waals surface area contributed by atoms with Crippen LogP contribution in [0.15, 0.2) is 71.4 Å². The Kier molecular flexibility index (Phi) is 5.74. The first-order chi connectivity index (χ1) is 12.8. The van der Waals surface area contributed by atoms with Crippen molar-refractivity contribution in [1.82, 2.24) is 10.1 Å². The number of pyridine rings is 1. The number of hydrogen-bond donors (Lipinski definition) is 1. The summed E-state index contributed by atoms with van der Waals surface area (Å²) in [6, 6.07) is 19.3. The number of para-hydroxylation sites is 1. The van der Waals surface area contributed by atoms with Crippen molar-refractivity contribution in [1.29, 1.82) is 0 Å². The molecule has 0 aliphatic heterocycles. The van der Waals surface area contributed by atoms with Gasteiger partial charge in [0.15, 0.2) is 5.58 Å². The second-order valence-corrected chi connectivity index (χ2v) is 6.11. The molecule has 0 fully saturated rings. The fourth-order valence-corrected chi connectivity index (χ4v) is 3.12. The molecule has 0 saturated carbocycles. The Morgan fingerprint density at radius 1 is 1.07 bits per heavy atom. The van der Waals surface area contributed by atoms with Crippen molar-refractivity contribution in [2.45, 2.75) is 12.5 Å². The molecule has 0 spiro atoms. The Morgan fingerprint density at radius 3 is 2.67 bits per heavy atom. The Balaban J connectivity index is 0.00000210. The van der Waals surface area contributed by atoms with Gasteiger partial charge in [-0.25, -0.2) is 0 Å². The number of fused-ring (bicyclic) bond motifs is 1. The number of benzene rings is 2. The lowest BCUT2D eigenvalue weighted by Gasteiger charge is -2.16. The Bertz CT molecular complexity index is 1030. The second kappa shape index (κ2) is 8.20. The molecule has 0 bridgehead atoms. The van der Waals surface area contributed by atoms with Gasteiger partial charge in [0.1, 0.15) is 11.4 Å². The van der Waals surface area contributed by atoms with Crippen molar-refractivity contribution in [3.8, 4) is 17.0 Å². The van der Waals surface area contributed by atoms with Gasteiger partial charge in [-0.2, -0.15) is 0 Å². The molecule has 27 heavy (non-hydrogen) atoms. The molecular weight excluding hydrogens is 362 g/mol. The number of nitrogens with two attached hydrogens (primary N) is 1. The highest BCUT2D eigenvalue weighted by molar-refractivity contribution is 5.92. The second-order valence-electron chi connectivity index (χ2n) is 6.11. The van der Waals surface area contributed by atoms with E-state index in [9.17, 15) is 0 Å². The van der Waals surface area contributed by atoms with E-state index in [2.05, 4.69) is 10.1 Å². The zero-order valence-corrected chi connectivity index (χ0v) is 15.6. The minimum absolute atomic E-state index is 0. The molecule has 138 valence electrons. The number of aromatic nitrogens is 2. The third-order valence-electron chi connectivity index (χ3n) is 4.45. The Labute approximate surface area is 163 Å². The SMILES string of the molecule is COc1ccc(-c2noc3ccccc23)c(C(N)Cc2ccccn2)c1.Cl. The molecule has 0 radical (unpaired) electrons. The van der Waals surface area contributed by atoms with Gasteiger partial charge >= 0.3 is 0 Å². The standard InChI is InChI=1S/C21H19N3O2.ClH/c1-25-15-9-10-16(21-17-7-2-3-8-20(17)26-24-21)18(13-15)19(22)12-14-6-4-5-11-23-14;/h2-11,13,19H,12,22H2,1H3;1H. The van der Waals surface area contributed by atoms with E-state index < -0.39 is 0 Å². The molecule has 0 aliphatic rings. The maximum absolute atomic E-state index is 6.55. The molecule has 4 aromatic rings. The number of ether oxygens (including phenoxy) is 1. The molecule has 0 amide bonds. The van der Waals surface area contributed by atoms with Crippen molar-refractivity contribution in [2.75, 3.05) is 7.11 Å². The van der Waals surface area contributed by atoms with Crippen LogP contribution in [-0.2, 0) is 6.42 Å². The first-order valence-electron chi connectivity index (χ1n) is 8.44. The van der Waals surface area contributed by atoms with Gasteiger partial charge in [0.25, 0.3) is 0 Å². The van der Waals surface area contributed by atoms with E-state index in [1.54, 1.807) is 13.3 Å². The summed E-state index contributed by atoms with van der Waals surface area (Å²) < 4.78 is 10.9. The largest absolute Gasteiger partial charge is 0.497 e. The van der Waals surface area contributed by atoms with Crippen molar-refractivity contribution >= 4 is 23.4 Å². The van der Waals surface area contributed by atoms with Gasteiger partial charge in [0.2, 0.25) is 0 Å². The van der Waals surface area contributed by atoms with Gasteiger partial charge in [0.05, 0.1) is 7.11 Å². The topological polar surface area (TPSA) is 74.2 Å². The van der Waals surface area contributed by atoms with E-state index in [0.29, 0.717) is 6.42 Å². The van der Waals surface area contributed by atoms with E-state index in [0.717, 1.165) is 39.2 Å². The van der Waals surface area contributed by atoms with Gasteiger partial charge in [-0.15, -0.1) is 12.4 Å². The lowest BCUT2D eigenvalue weighted by Crippen LogP contribution is -2.15. The molecule has 6 heteroatoms. The summed E-state index contributed by atoms with van der Waals surface area (Å²) in [6.45, 7) is 0. The van der Waals surface area contributed by atoms with Crippen LogP contribution < -0.4 is 10.5 Å². The molecule has 4 rings (SSSR count). The average Bonchev–Trinajstić information content (AvgIpc) is 3.12. The fourth-order valence-electron chi connectivity index (χ4n) is 3.12. The minimum atomic E-state index is -0.245. The maximum Gasteiger partial charge on any atom is 0.167 e. The Morgan fingerprint density at radius 2 is 1.89 bits per heavy atom. The predicted octanol–water partition coefficient (Wildman–Crippen LogP) is 4.56. The minimum Gasteiger partial charge on any atom is -0.497 e. The predicted molar refractivity (Wildman–Crippen MR) is 108 cm³/mol. The molecule has 2 heterocycles. The summed E-state index contributed by atoms with van der Waals surface area (Å²) in [5.74, 6) is 0.757. The summed E-state index contributed by atoms with van der Waals surface area (Å²) in [4.78, 5) is 4.38. The van der Waals surface area contributed by atoms with E-state index in [1.165, 1.54) is 0 Å². The van der Waals surface area contributed by atoms with E-state index >= 15 is 0 Å². The van der Waals surface area contributed by atoms with Crippen LogP contribution in [0, 0.1) is 0 Å². The zero-order valence-electron chi connectivity index (χ0n) is 14.8. The monoisotopic (exact) mass is 381 g/mol. The van der Waals surface area contributed by atoms with Gasteiger partial charge in [-0.05, 0) is 48.0 Å². The molecule has 0 aliphatic carbocycles. The third kappa shape index (κ3) is 3.79. The van der Waals surface area contributed by atoms with Gasteiger partial charge in [0, 0.05) is 35.3 Å². The lowest BCUT2D eigenvalue weighted by atomic mass is 9.94. The van der Waals surface area contributed by atoms with Crippen LogP contribution in [0.5, 0.6) is 5.75 Å². The quantitative estimate of drug-likeness (QED) is 0.548. The first-order valence-corrected chi connectivity index (χ1v) is 8.44. The van der Waals surface area contributed by atoms with Crippen molar-refractivity contribution < 1.29 is 9.26 Å². The molecule has 0 saturated heterocycles. The highest BCUT2D eigenvalue weighted by Gasteiger charge is 2.19. The summed E-state index contributed by atoms with van der Waals surface area (Å²) in [5.41, 5.74) is 10.9. The number of nitrogens with zero attached hydrogens (tertiary/aromatic N) is 2. The maximum atomic E-state index is 6.55. The zero-order chi connectivity index (χ0) is 17.9. The number of hydrogen-bond acceptors (Lipinski definition) is 5. The summed E-state index contributed by atoms with van der Waals surface area (Å²) >= 11 is 0. The first kappa shape index (κ1) is 18.9. The highest BCUT2D eigenvalue weighted by atomic mass is 35.5. The summed E-state index contributed by atoms with van der Waals surface area (Å²) in [5, 5.41) is 5.25. The number of halogens is 1. The van der Waals surface area contributed by atoms with Crippen LogP contribution in [0.4, 0.5) is 0 Å². The van der Waals surface area contributed by atoms with E-state index in [4.69, 9.17) is 15.0 Å². The van der Waals surface area contributed by atoms with Crippen molar-refractivity contribution in [3.05, 3.63) is 78.1 Å². The molecule has 1 unspecified atom stereocenters. The van der Waals surface area contributed by atoms with Crippen LogP contribution in [0.3, 0.4) is 0 Å². The molecule has 2 aromatic heterocycles. The van der Waals surface area contributed by atoms with E-state index in [-0.39, 0.29) is 18.4 Å². The lowest BCUT2D eigenvalue weighted by molar-refractivity contribution is 0.413. The third-order valence-corrected chi connectivity index (χ3v) is 4.45. The summed E-state index contributed by atoms with van der Waals surface area (Å²) in [7, 11) is 1.65. The summed E-state index contributed by atoms with van der Waals surface area (Å²) in [6.07, 6.45) is 2.40. The fraction of sp³-hybridized carbons (Fsp3) is 0.143. The van der Waals surface area contributed by atoms with Gasteiger partial charge < -0.3 is 15.0 Å². The number of methoxy groups -OCH3 is 1. The van der Waals surface area contributed by atoms with Crippen LogP contribution in [-0.4, -0.2) is 17.3 Å². The molecule has 2 aromatic carbocycles. The van der Waals surface area contributed by atoms with Gasteiger partial charge in [-0.1, -0.05) is 23.4 Å². The molecule has 1 atom stereocenters. The van der Waals surface area contributed by atoms with Crippen LogP contribution in [0.1, 0.15) is 17.3 Å². The average molecular weight is 382 g/mol. The highest BCUT2D eigenvalue weighted by Crippen LogP contribution is 2.35. The molecular formula is C21H20ClN3O2. The van der Waals surface area contributed by atoms with Crippen molar-refractivity contribution in [2.24, 2.45) is 5.73 Å². The Hall–Kier alpha value is -2.89. The normalized spacial score (nSPS) is 11.8. The van der Waals surface area contributed by atoms with Crippen molar-refractivity contribution in [3.63, 3.8) is 0 Å². The molecule has 5 nitrogen and oxygen atoms in total. The van der Waals surface area contributed by atoms with Crippen LogP contribution in [0.2, 0.25) is 0 Å². The van der Waals surface area contributed by atoms with Gasteiger partial charge in [-0.3, -0.25) is 4.98 Å². The molecule has 2 N–H and O–H groups in total. The van der Waals surface area contributed by atoms with Crippen LogP contribution >= 0.6 is 12.4 Å². The van der Waals surface area contributed by atoms with Crippen LogP contribution in [0.25, 0.3) is 22.2 Å².